The maximum Gasteiger partial charge on any atom is 0.193 e. The van der Waals surface area contributed by atoms with Crippen molar-refractivity contribution in [1.82, 2.24) is 0 Å². The Morgan fingerprint density at radius 2 is 1.56 bits per heavy atom. The van der Waals surface area contributed by atoms with Gasteiger partial charge in [-0.2, -0.15) is 0 Å². The number of ketones is 1. The van der Waals surface area contributed by atoms with Gasteiger partial charge in [0, 0.05) is 11.1 Å². The molecule has 1 nitrogen and oxygen atoms in total. The van der Waals surface area contributed by atoms with Crippen LogP contribution in [-0.4, -0.2) is 5.78 Å². The van der Waals surface area contributed by atoms with Crippen molar-refractivity contribution in [3.8, 4) is 0 Å². The Bertz CT molecular complexity index is 594. The Balaban J connectivity index is 1.95. The Labute approximate surface area is 107 Å². The monoisotopic (exact) mass is 236 g/mol. The van der Waals surface area contributed by atoms with Gasteiger partial charge in [0.05, 0.1) is 0 Å². The van der Waals surface area contributed by atoms with Crippen molar-refractivity contribution in [1.29, 1.82) is 0 Å². The van der Waals surface area contributed by atoms with Crippen LogP contribution < -0.4 is 0 Å². The van der Waals surface area contributed by atoms with E-state index in [9.17, 15) is 4.79 Å². The number of rotatable bonds is 2. The molecule has 0 saturated heterocycles. The van der Waals surface area contributed by atoms with E-state index < -0.39 is 0 Å². The minimum Gasteiger partial charge on any atom is -0.289 e. The summed E-state index contributed by atoms with van der Waals surface area (Å²) in [5.41, 5.74) is 5.54. The van der Waals surface area contributed by atoms with Gasteiger partial charge in [-0.3, -0.25) is 4.79 Å². The smallest absolute Gasteiger partial charge is 0.193 e. The van der Waals surface area contributed by atoms with Crippen molar-refractivity contribution >= 4 is 5.78 Å². The van der Waals surface area contributed by atoms with Crippen molar-refractivity contribution in [2.75, 3.05) is 0 Å². The second kappa shape index (κ2) is 4.41. The zero-order valence-electron chi connectivity index (χ0n) is 10.6. The molecule has 2 aromatic rings. The van der Waals surface area contributed by atoms with Crippen LogP contribution in [-0.2, 0) is 12.8 Å². The van der Waals surface area contributed by atoms with Gasteiger partial charge in [-0.25, -0.2) is 0 Å². The standard InChI is InChI=1S/C17H16O/c1-12-5-7-14(8-6-12)17(18)16-10-9-13-3-2-4-15(13)11-16/h5-11H,2-4H2,1H3. The van der Waals surface area contributed by atoms with Crippen molar-refractivity contribution in [3.05, 3.63) is 70.3 Å². The number of benzene rings is 2. The summed E-state index contributed by atoms with van der Waals surface area (Å²) in [7, 11) is 0. The predicted molar refractivity (Wildman–Crippen MR) is 73.1 cm³/mol. The third-order valence-corrected chi connectivity index (χ3v) is 3.67. The quantitative estimate of drug-likeness (QED) is 0.726. The Morgan fingerprint density at radius 3 is 2.33 bits per heavy atom. The number of carbonyl (C=O) groups excluding carboxylic acids is 1. The van der Waals surface area contributed by atoms with Gasteiger partial charge in [0.1, 0.15) is 0 Å². The van der Waals surface area contributed by atoms with E-state index in [0.717, 1.165) is 24.0 Å². The lowest BCUT2D eigenvalue weighted by atomic mass is 9.99. The summed E-state index contributed by atoms with van der Waals surface area (Å²) in [5.74, 6) is 0.129. The summed E-state index contributed by atoms with van der Waals surface area (Å²) in [6.45, 7) is 2.03. The van der Waals surface area contributed by atoms with E-state index in [-0.39, 0.29) is 5.78 Å². The van der Waals surface area contributed by atoms with Crippen LogP contribution in [0.5, 0.6) is 0 Å². The highest BCUT2D eigenvalue weighted by Gasteiger charge is 2.14. The van der Waals surface area contributed by atoms with Crippen LogP contribution in [0.15, 0.2) is 42.5 Å². The van der Waals surface area contributed by atoms with E-state index in [0.29, 0.717) is 0 Å². The average molecular weight is 236 g/mol. The molecule has 0 amide bonds. The van der Waals surface area contributed by atoms with E-state index in [1.54, 1.807) is 0 Å². The first-order chi connectivity index (χ1) is 8.74. The third kappa shape index (κ3) is 1.97. The van der Waals surface area contributed by atoms with Gasteiger partial charge in [0.25, 0.3) is 0 Å². The zero-order chi connectivity index (χ0) is 12.5. The molecular weight excluding hydrogens is 220 g/mol. The van der Waals surface area contributed by atoms with Crippen LogP contribution in [0.1, 0.15) is 39.0 Å². The van der Waals surface area contributed by atoms with Crippen LogP contribution in [0.4, 0.5) is 0 Å². The molecule has 0 bridgehead atoms. The molecule has 3 rings (SSSR count). The highest BCUT2D eigenvalue weighted by molar-refractivity contribution is 6.09. The Kier molecular flexibility index (Phi) is 2.75. The van der Waals surface area contributed by atoms with Gasteiger partial charge in [0.2, 0.25) is 0 Å². The van der Waals surface area contributed by atoms with E-state index in [1.807, 2.05) is 37.3 Å². The molecule has 0 spiro atoms. The Morgan fingerprint density at radius 1 is 0.889 bits per heavy atom. The maximum absolute atomic E-state index is 12.4. The predicted octanol–water partition coefficient (Wildman–Crippen LogP) is 3.71. The van der Waals surface area contributed by atoms with Crippen molar-refractivity contribution < 1.29 is 4.79 Å². The summed E-state index contributed by atoms with van der Waals surface area (Å²) in [6, 6.07) is 13.9. The summed E-state index contributed by atoms with van der Waals surface area (Å²) in [4.78, 5) is 12.4. The second-order valence-corrected chi connectivity index (χ2v) is 5.03. The molecule has 0 aromatic heterocycles. The fraction of sp³-hybridized carbons (Fsp3) is 0.235. The lowest BCUT2D eigenvalue weighted by Gasteiger charge is -2.05. The minimum atomic E-state index is 0.129. The highest BCUT2D eigenvalue weighted by atomic mass is 16.1. The zero-order valence-corrected chi connectivity index (χ0v) is 10.6. The molecule has 2 aromatic carbocycles. The first-order valence-corrected chi connectivity index (χ1v) is 6.47. The molecule has 0 fully saturated rings. The van der Waals surface area contributed by atoms with E-state index in [4.69, 9.17) is 0 Å². The number of hydrogen-bond acceptors (Lipinski definition) is 1. The van der Waals surface area contributed by atoms with E-state index in [2.05, 4.69) is 12.1 Å². The molecule has 0 unspecified atom stereocenters. The lowest BCUT2D eigenvalue weighted by molar-refractivity contribution is 0.103. The summed E-state index contributed by atoms with van der Waals surface area (Å²) >= 11 is 0. The number of aryl methyl sites for hydroxylation is 3. The largest absolute Gasteiger partial charge is 0.289 e. The van der Waals surface area contributed by atoms with Crippen LogP contribution >= 0.6 is 0 Å². The van der Waals surface area contributed by atoms with E-state index in [1.165, 1.54) is 23.1 Å². The third-order valence-electron chi connectivity index (χ3n) is 3.67. The molecule has 0 heterocycles. The molecule has 0 saturated carbocycles. The maximum atomic E-state index is 12.4. The normalized spacial score (nSPS) is 13.4. The molecule has 0 aliphatic heterocycles. The number of fused-ring (bicyclic) bond motifs is 1. The highest BCUT2D eigenvalue weighted by Crippen LogP contribution is 2.24. The fourth-order valence-corrected chi connectivity index (χ4v) is 2.58. The van der Waals surface area contributed by atoms with Crippen molar-refractivity contribution in [2.24, 2.45) is 0 Å². The van der Waals surface area contributed by atoms with Crippen LogP contribution in [0.25, 0.3) is 0 Å². The molecule has 1 aliphatic carbocycles. The van der Waals surface area contributed by atoms with E-state index >= 15 is 0 Å². The minimum absolute atomic E-state index is 0.129. The van der Waals surface area contributed by atoms with Crippen LogP contribution in [0.3, 0.4) is 0 Å². The Hall–Kier alpha value is -1.89. The topological polar surface area (TPSA) is 17.1 Å². The first-order valence-electron chi connectivity index (χ1n) is 6.47. The lowest BCUT2D eigenvalue weighted by Crippen LogP contribution is -2.02. The molecule has 0 radical (unpaired) electrons. The molecule has 18 heavy (non-hydrogen) atoms. The summed E-state index contributed by atoms with van der Waals surface area (Å²) in [6.07, 6.45) is 3.50. The van der Waals surface area contributed by atoms with Crippen molar-refractivity contribution in [2.45, 2.75) is 26.2 Å². The molecule has 1 heteroatoms. The van der Waals surface area contributed by atoms with Crippen LogP contribution in [0, 0.1) is 6.92 Å². The van der Waals surface area contributed by atoms with Gasteiger partial charge in [-0.05, 0) is 43.4 Å². The average Bonchev–Trinajstić information content (AvgIpc) is 2.86. The van der Waals surface area contributed by atoms with Crippen molar-refractivity contribution in [3.63, 3.8) is 0 Å². The molecule has 1 aliphatic rings. The molecule has 0 atom stereocenters. The van der Waals surface area contributed by atoms with Gasteiger partial charge >= 0.3 is 0 Å². The number of carbonyl (C=O) groups is 1. The summed E-state index contributed by atoms with van der Waals surface area (Å²) < 4.78 is 0. The fourth-order valence-electron chi connectivity index (χ4n) is 2.58. The summed E-state index contributed by atoms with van der Waals surface area (Å²) in [5, 5.41) is 0. The first kappa shape index (κ1) is 11.2. The second-order valence-electron chi connectivity index (χ2n) is 5.03. The molecule has 90 valence electrons. The number of hydrogen-bond donors (Lipinski definition) is 0. The molecular formula is C17H16O. The van der Waals surface area contributed by atoms with Gasteiger partial charge < -0.3 is 0 Å². The molecule has 0 N–H and O–H groups in total. The van der Waals surface area contributed by atoms with Gasteiger partial charge in [-0.1, -0.05) is 42.0 Å². The van der Waals surface area contributed by atoms with Crippen LogP contribution in [0.2, 0.25) is 0 Å². The van der Waals surface area contributed by atoms with Gasteiger partial charge in [0.15, 0.2) is 5.78 Å². The SMILES string of the molecule is Cc1ccc(C(=O)c2ccc3c(c2)CCC3)cc1. The van der Waals surface area contributed by atoms with Gasteiger partial charge in [-0.15, -0.1) is 0 Å².